The fraction of sp³-hybridized carbons (Fsp3) is 0.393. The van der Waals surface area contributed by atoms with E-state index in [0.717, 1.165) is 41.8 Å². The summed E-state index contributed by atoms with van der Waals surface area (Å²) in [4.78, 5) is 31.0. The number of nitrogens with two attached hydrogens (primary N) is 2. The van der Waals surface area contributed by atoms with Crippen LogP contribution in [0.3, 0.4) is 0 Å². The van der Waals surface area contributed by atoms with E-state index in [2.05, 4.69) is 21.8 Å². The van der Waals surface area contributed by atoms with Gasteiger partial charge in [0, 0.05) is 18.5 Å². The Morgan fingerprint density at radius 2 is 1.86 bits per heavy atom. The first-order valence-corrected chi connectivity index (χ1v) is 14.0. The van der Waals surface area contributed by atoms with Gasteiger partial charge in [-0.3, -0.25) is 0 Å². The number of benzene rings is 2. The van der Waals surface area contributed by atoms with Crippen molar-refractivity contribution >= 4 is 23.5 Å². The average Bonchev–Trinajstić information content (AvgIpc) is 3.28. The van der Waals surface area contributed by atoms with Gasteiger partial charge >= 0.3 is 6.09 Å². The van der Waals surface area contributed by atoms with Crippen molar-refractivity contribution < 1.29 is 24.6 Å². The predicted octanol–water partition coefficient (Wildman–Crippen LogP) is 4.40. The summed E-state index contributed by atoms with van der Waals surface area (Å²) in [6.45, 7) is 2.47. The minimum Gasteiger partial charge on any atom is -0.447 e. The molecule has 0 aliphatic heterocycles. The molecule has 5 N–H and O–H groups in total. The number of nitrogens with zero attached hydrogens (tertiary/aromatic N) is 5. The number of hydrazine groups is 1. The predicted molar refractivity (Wildman–Crippen MR) is 158 cm³/mol. The summed E-state index contributed by atoms with van der Waals surface area (Å²) in [6, 6.07) is 15.2. The zero-order chi connectivity index (χ0) is 30.5. The molecular formula is C28H36ClN7O6. The molecule has 1 amide bonds. The number of carbonyl (C=O) groups excluding carboxylic acids is 1. The number of aliphatic hydroxyl groups excluding tert-OH is 1. The third-order valence-electron chi connectivity index (χ3n) is 6.43. The standard InChI is InChI=1S/C28H36ClN7O6/c1-2-3-11-25-32-26(29)24(19-37)34(25)18-20-12-14-21(15-13-20)22-9-5-6-10-23(22)27(30)33-35(31)28(38)41-16-7-4-8-17-42-36(39)40/h5-6,9-10,12-15,37H,2-4,7-8,11,16-19,31H2,1H3,(H2,30,33). The largest absolute Gasteiger partial charge is 0.447 e. The van der Waals surface area contributed by atoms with Crippen LogP contribution in [0, 0.1) is 10.1 Å². The second-order valence-corrected chi connectivity index (χ2v) is 9.78. The van der Waals surface area contributed by atoms with E-state index in [0.29, 0.717) is 47.3 Å². The Hall–Kier alpha value is -4.20. The quantitative estimate of drug-likeness (QED) is 0.0407. The first-order chi connectivity index (χ1) is 20.2. The van der Waals surface area contributed by atoms with Crippen molar-refractivity contribution in [3.63, 3.8) is 0 Å². The van der Waals surface area contributed by atoms with E-state index in [1.165, 1.54) is 0 Å². The zero-order valence-corrected chi connectivity index (χ0v) is 24.2. The van der Waals surface area contributed by atoms with Gasteiger partial charge in [-0.1, -0.05) is 73.5 Å². The van der Waals surface area contributed by atoms with Gasteiger partial charge in [0.25, 0.3) is 5.09 Å². The van der Waals surface area contributed by atoms with E-state index in [1.54, 1.807) is 12.1 Å². The minimum atomic E-state index is -0.888. The van der Waals surface area contributed by atoms with E-state index in [-0.39, 0.29) is 25.7 Å². The number of amides is 1. The molecule has 0 atom stereocenters. The van der Waals surface area contributed by atoms with Gasteiger partial charge in [-0.05, 0) is 42.4 Å². The average molecular weight is 602 g/mol. The lowest BCUT2D eigenvalue weighted by atomic mass is 9.98. The van der Waals surface area contributed by atoms with Gasteiger partial charge < -0.3 is 25.0 Å². The molecule has 0 unspecified atom stereocenters. The smallest absolute Gasteiger partial charge is 0.445 e. The number of unbranched alkanes of at least 4 members (excludes halogenated alkanes) is 3. The number of halogens is 1. The second kappa shape index (κ2) is 16.3. The number of carbonyl (C=O) groups is 1. The summed E-state index contributed by atoms with van der Waals surface area (Å²) in [7, 11) is 0. The number of hydrogen-bond donors (Lipinski definition) is 3. The number of rotatable bonds is 16. The molecule has 0 saturated heterocycles. The third kappa shape index (κ3) is 9.16. The Kier molecular flexibility index (Phi) is 12.5. The SMILES string of the molecule is CCCCc1nc(Cl)c(CO)n1Cc1ccc(-c2ccccc2/C(N)=N/N(N)C(=O)OCCCCCO[N+](=O)[O-])cc1. The fourth-order valence-electron chi connectivity index (χ4n) is 4.26. The number of imidazole rings is 1. The summed E-state index contributed by atoms with van der Waals surface area (Å²) in [6.07, 6.45) is 3.38. The van der Waals surface area contributed by atoms with Gasteiger partial charge in [-0.2, -0.15) is 0 Å². The van der Waals surface area contributed by atoms with Crippen LogP contribution < -0.4 is 11.6 Å². The van der Waals surface area contributed by atoms with Crippen molar-refractivity contribution in [2.75, 3.05) is 13.2 Å². The molecule has 0 bridgehead atoms. The van der Waals surface area contributed by atoms with Gasteiger partial charge in [-0.25, -0.2) is 15.6 Å². The molecular weight excluding hydrogens is 566 g/mol. The highest BCUT2D eigenvalue weighted by molar-refractivity contribution is 6.30. The Morgan fingerprint density at radius 3 is 2.55 bits per heavy atom. The van der Waals surface area contributed by atoms with Crippen LogP contribution in [0.4, 0.5) is 4.79 Å². The summed E-state index contributed by atoms with van der Waals surface area (Å²) in [5, 5.41) is 24.0. The number of aryl methyl sites for hydroxylation is 1. The lowest BCUT2D eigenvalue weighted by molar-refractivity contribution is -0.757. The zero-order valence-electron chi connectivity index (χ0n) is 23.4. The molecule has 0 spiro atoms. The van der Waals surface area contributed by atoms with Crippen LogP contribution >= 0.6 is 11.6 Å². The van der Waals surface area contributed by atoms with E-state index in [1.807, 2.05) is 41.0 Å². The second-order valence-electron chi connectivity index (χ2n) is 9.42. The molecule has 1 heterocycles. The Labute approximate surface area is 248 Å². The number of aliphatic hydroxyl groups is 1. The van der Waals surface area contributed by atoms with Gasteiger partial charge in [0.05, 0.1) is 25.5 Å². The molecule has 0 aliphatic rings. The maximum absolute atomic E-state index is 12.2. The molecule has 0 aliphatic carbocycles. The summed E-state index contributed by atoms with van der Waals surface area (Å²) in [5.74, 6) is 6.63. The first-order valence-electron chi connectivity index (χ1n) is 13.6. The maximum atomic E-state index is 12.2. The Morgan fingerprint density at radius 1 is 1.14 bits per heavy atom. The third-order valence-corrected chi connectivity index (χ3v) is 6.73. The number of amidine groups is 1. The molecule has 14 heteroatoms. The molecule has 13 nitrogen and oxygen atoms in total. The van der Waals surface area contributed by atoms with Crippen LogP contribution in [0.25, 0.3) is 11.1 Å². The Bertz CT molecular complexity index is 1360. The summed E-state index contributed by atoms with van der Waals surface area (Å²) < 4.78 is 7.05. The summed E-state index contributed by atoms with van der Waals surface area (Å²) >= 11 is 6.28. The number of hydrogen-bond acceptors (Lipinski definition) is 9. The molecule has 0 saturated carbocycles. The number of aromatic nitrogens is 2. The van der Waals surface area contributed by atoms with Gasteiger partial charge in [0.1, 0.15) is 5.82 Å². The fourth-order valence-corrected chi connectivity index (χ4v) is 4.51. The molecule has 42 heavy (non-hydrogen) atoms. The minimum absolute atomic E-state index is 0.0168. The Balaban J connectivity index is 1.67. The highest BCUT2D eigenvalue weighted by atomic mass is 35.5. The van der Waals surface area contributed by atoms with E-state index < -0.39 is 11.2 Å². The van der Waals surface area contributed by atoms with Gasteiger partial charge in [-0.15, -0.1) is 20.3 Å². The van der Waals surface area contributed by atoms with Crippen LogP contribution in [0.1, 0.15) is 61.7 Å². The van der Waals surface area contributed by atoms with Gasteiger partial charge in [0.15, 0.2) is 11.0 Å². The molecule has 0 fully saturated rings. The molecule has 0 radical (unpaired) electrons. The number of ether oxygens (including phenoxy) is 1. The maximum Gasteiger partial charge on any atom is 0.445 e. The van der Waals surface area contributed by atoms with E-state index in [9.17, 15) is 20.0 Å². The molecule has 3 aromatic rings. The normalized spacial score (nSPS) is 11.4. The monoisotopic (exact) mass is 601 g/mol. The topological polar surface area (TPSA) is 184 Å². The van der Waals surface area contributed by atoms with Crippen LogP contribution in [-0.2, 0) is 29.1 Å². The lowest BCUT2D eigenvalue weighted by Gasteiger charge is -2.15. The summed E-state index contributed by atoms with van der Waals surface area (Å²) in [5.41, 5.74) is 10.1. The van der Waals surface area contributed by atoms with Crippen LogP contribution in [0.15, 0.2) is 53.6 Å². The first kappa shape index (κ1) is 32.3. The van der Waals surface area contributed by atoms with Crippen molar-refractivity contribution in [1.29, 1.82) is 0 Å². The highest BCUT2D eigenvalue weighted by Crippen LogP contribution is 2.26. The highest BCUT2D eigenvalue weighted by Gasteiger charge is 2.16. The molecule has 1 aromatic heterocycles. The van der Waals surface area contributed by atoms with Crippen molar-refractivity contribution in [3.8, 4) is 11.1 Å². The lowest BCUT2D eigenvalue weighted by Crippen LogP contribution is -2.36. The van der Waals surface area contributed by atoms with Crippen molar-refractivity contribution in [2.24, 2.45) is 16.7 Å². The molecule has 226 valence electrons. The van der Waals surface area contributed by atoms with Crippen molar-refractivity contribution in [1.82, 2.24) is 14.7 Å². The van der Waals surface area contributed by atoms with Crippen LogP contribution in [0.5, 0.6) is 0 Å². The molecule has 3 rings (SSSR count). The van der Waals surface area contributed by atoms with Crippen molar-refractivity contribution in [3.05, 3.63) is 86.4 Å². The van der Waals surface area contributed by atoms with E-state index >= 15 is 0 Å². The number of hydrazone groups is 1. The van der Waals surface area contributed by atoms with Gasteiger partial charge in [0.2, 0.25) is 0 Å². The molecule has 2 aromatic carbocycles. The van der Waals surface area contributed by atoms with Crippen LogP contribution in [-0.4, -0.2) is 50.0 Å². The van der Waals surface area contributed by atoms with Crippen molar-refractivity contribution in [2.45, 2.75) is 58.6 Å². The van der Waals surface area contributed by atoms with Crippen LogP contribution in [0.2, 0.25) is 5.15 Å². The van der Waals surface area contributed by atoms with E-state index in [4.69, 9.17) is 27.9 Å².